The van der Waals surface area contributed by atoms with Gasteiger partial charge in [-0.3, -0.25) is 0 Å². The van der Waals surface area contributed by atoms with Crippen molar-refractivity contribution in [2.24, 2.45) is 0 Å². The smallest absolute Gasteiger partial charge is 0.153 e. The minimum atomic E-state index is -0.248. The average molecular weight is 239 g/mol. The molecular weight excluding hydrogens is 228 g/mol. The first-order valence-corrected chi connectivity index (χ1v) is 5.01. The van der Waals surface area contributed by atoms with Gasteiger partial charge in [0.15, 0.2) is 5.82 Å². The molecule has 5 nitrogen and oxygen atoms in total. The number of nitrogen functional groups attached to an aromatic ring is 2. The van der Waals surface area contributed by atoms with Crippen molar-refractivity contribution in [1.29, 1.82) is 0 Å². The standard InChI is InChI=1S/C10H11ClN4O/c11-7-3-1-2-4-8(7)15-10(13)6(5-16)9(12)14-15/h1-4,16H,5,13H2,(H2,12,14). The van der Waals surface area contributed by atoms with E-state index < -0.39 is 0 Å². The Morgan fingerprint density at radius 2 is 2.00 bits per heavy atom. The highest BCUT2D eigenvalue weighted by Gasteiger charge is 2.14. The third kappa shape index (κ3) is 1.60. The highest BCUT2D eigenvalue weighted by molar-refractivity contribution is 6.32. The molecule has 0 radical (unpaired) electrons. The molecule has 0 amide bonds. The minimum absolute atomic E-state index is 0.208. The molecule has 1 heterocycles. The van der Waals surface area contributed by atoms with E-state index in [4.69, 9.17) is 28.2 Å². The van der Waals surface area contributed by atoms with Crippen LogP contribution in [0.4, 0.5) is 11.6 Å². The van der Waals surface area contributed by atoms with E-state index in [2.05, 4.69) is 5.10 Å². The van der Waals surface area contributed by atoms with Crippen LogP contribution in [0.15, 0.2) is 24.3 Å². The zero-order chi connectivity index (χ0) is 11.7. The highest BCUT2D eigenvalue weighted by atomic mass is 35.5. The molecule has 0 saturated heterocycles. The minimum Gasteiger partial charge on any atom is -0.391 e. The molecule has 6 heteroatoms. The van der Waals surface area contributed by atoms with Gasteiger partial charge < -0.3 is 16.6 Å². The van der Waals surface area contributed by atoms with Gasteiger partial charge in [0.05, 0.1) is 22.9 Å². The number of hydrogen-bond acceptors (Lipinski definition) is 4. The van der Waals surface area contributed by atoms with Crippen LogP contribution in [-0.2, 0) is 6.61 Å². The molecule has 0 spiro atoms. The Morgan fingerprint density at radius 3 is 2.56 bits per heavy atom. The normalized spacial score (nSPS) is 10.6. The molecule has 2 rings (SSSR count). The summed E-state index contributed by atoms with van der Waals surface area (Å²) in [6.07, 6.45) is 0. The number of aromatic nitrogens is 2. The van der Waals surface area contributed by atoms with E-state index >= 15 is 0 Å². The molecule has 0 aliphatic carbocycles. The van der Waals surface area contributed by atoms with E-state index in [-0.39, 0.29) is 12.4 Å². The van der Waals surface area contributed by atoms with Gasteiger partial charge in [-0.1, -0.05) is 23.7 Å². The number of halogens is 1. The predicted molar refractivity (Wildman–Crippen MR) is 63.3 cm³/mol. The van der Waals surface area contributed by atoms with Gasteiger partial charge in [0, 0.05) is 0 Å². The fourth-order valence-corrected chi connectivity index (χ4v) is 1.67. The topological polar surface area (TPSA) is 90.1 Å². The van der Waals surface area contributed by atoms with Crippen molar-refractivity contribution >= 4 is 23.2 Å². The Kier molecular flexibility index (Phi) is 2.72. The summed E-state index contributed by atoms with van der Waals surface area (Å²) in [5.74, 6) is 0.507. The molecule has 0 saturated carbocycles. The number of nitrogens with zero attached hydrogens (tertiary/aromatic N) is 2. The average Bonchev–Trinajstić information content (AvgIpc) is 2.55. The lowest BCUT2D eigenvalue weighted by molar-refractivity contribution is 0.283. The van der Waals surface area contributed by atoms with Crippen molar-refractivity contribution in [3.8, 4) is 5.69 Å². The number of anilines is 2. The number of benzene rings is 1. The molecule has 0 unspecified atom stereocenters. The van der Waals surface area contributed by atoms with Crippen LogP contribution in [0, 0.1) is 0 Å². The lowest BCUT2D eigenvalue weighted by Gasteiger charge is -2.05. The van der Waals surface area contributed by atoms with Crippen LogP contribution < -0.4 is 11.5 Å². The van der Waals surface area contributed by atoms with Gasteiger partial charge in [-0.2, -0.15) is 0 Å². The fraction of sp³-hybridized carbons (Fsp3) is 0.100. The van der Waals surface area contributed by atoms with E-state index in [0.29, 0.717) is 22.1 Å². The number of nitrogens with two attached hydrogens (primary N) is 2. The fourth-order valence-electron chi connectivity index (χ4n) is 1.45. The predicted octanol–water partition coefficient (Wildman–Crippen LogP) is 1.18. The second-order valence-electron chi connectivity index (χ2n) is 3.27. The van der Waals surface area contributed by atoms with Crippen LogP contribution in [-0.4, -0.2) is 14.9 Å². The van der Waals surface area contributed by atoms with Crippen LogP contribution in [0.2, 0.25) is 5.02 Å². The monoisotopic (exact) mass is 238 g/mol. The number of aliphatic hydroxyl groups is 1. The van der Waals surface area contributed by atoms with Gasteiger partial charge in [0.2, 0.25) is 0 Å². The maximum absolute atomic E-state index is 9.08. The van der Waals surface area contributed by atoms with Crippen LogP contribution in [0.25, 0.3) is 5.69 Å². The molecular formula is C10H11ClN4O. The van der Waals surface area contributed by atoms with Gasteiger partial charge in [-0.15, -0.1) is 5.10 Å². The molecule has 84 valence electrons. The summed E-state index contributed by atoms with van der Waals surface area (Å²) in [5.41, 5.74) is 12.5. The molecule has 1 aromatic heterocycles. The summed E-state index contributed by atoms with van der Waals surface area (Å²) < 4.78 is 1.42. The van der Waals surface area contributed by atoms with Crippen LogP contribution >= 0.6 is 11.6 Å². The summed E-state index contributed by atoms with van der Waals surface area (Å²) in [4.78, 5) is 0. The molecule has 0 bridgehead atoms. The lowest BCUT2D eigenvalue weighted by Crippen LogP contribution is -2.03. The molecule has 5 N–H and O–H groups in total. The lowest BCUT2D eigenvalue weighted by atomic mass is 10.3. The maximum atomic E-state index is 9.08. The van der Waals surface area contributed by atoms with Gasteiger partial charge >= 0.3 is 0 Å². The van der Waals surface area contributed by atoms with Crippen molar-refractivity contribution in [1.82, 2.24) is 9.78 Å². The third-order valence-corrected chi connectivity index (χ3v) is 2.61. The molecule has 1 aromatic carbocycles. The van der Waals surface area contributed by atoms with Crippen LogP contribution in [0.1, 0.15) is 5.56 Å². The molecule has 0 aliphatic heterocycles. The third-order valence-electron chi connectivity index (χ3n) is 2.29. The first-order valence-electron chi connectivity index (χ1n) is 4.63. The SMILES string of the molecule is Nc1nn(-c2ccccc2Cl)c(N)c1CO. The second-order valence-corrected chi connectivity index (χ2v) is 3.68. The maximum Gasteiger partial charge on any atom is 0.153 e. The highest BCUT2D eigenvalue weighted by Crippen LogP contribution is 2.26. The number of hydrogen-bond donors (Lipinski definition) is 3. The summed E-state index contributed by atoms with van der Waals surface area (Å²) in [6, 6.07) is 7.12. The van der Waals surface area contributed by atoms with Gasteiger partial charge in [-0.05, 0) is 12.1 Å². The van der Waals surface area contributed by atoms with Gasteiger partial charge in [-0.25, -0.2) is 4.68 Å². The first kappa shape index (κ1) is 10.8. The molecule has 0 aliphatic rings. The van der Waals surface area contributed by atoms with E-state index in [1.165, 1.54) is 4.68 Å². The Labute approximate surface area is 97.2 Å². The number of para-hydroxylation sites is 1. The summed E-state index contributed by atoms with van der Waals surface area (Å²) in [6.45, 7) is -0.248. The quantitative estimate of drug-likeness (QED) is 0.733. The van der Waals surface area contributed by atoms with Crippen molar-refractivity contribution in [3.63, 3.8) is 0 Å². The van der Waals surface area contributed by atoms with Crippen LogP contribution in [0.5, 0.6) is 0 Å². The first-order chi connectivity index (χ1) is 7.65. The Morgan fingerprint density at radius 1 is 1.31 bits per heavy atom. The van der Waals surface area contributed by atoms with E-state index in [1.807, 2.05) is 12.1 Å². The van der Waals surface area contributed by atoms with Gasteiger partial charge in [0.25, 0.3) is 0 Å². The van der Waals surface area contributed by atoms with Crippen molar-refractivity contribution in [2.45, 2.75) is 6.61 Å². The summed E-state index contributed by atoms with van der Waals surface area (Å²) in [5, 5.41) is 13.6. The van der Waals surface area contributed by atoms with E-state index in [9.17, 15) is 0 Å². The Bertz CT molecular complexity index is 524. The van der Waals surface area contributed by atoms with Crippen LogP contribution in [0.3, 0.4) is 0 Å². The van der Waals surface area contributed by atoms with E-state index in [0.717, 1.165) is 0 Å². The second kappa shape index (κ2) is 4.03. The largest absolute Gasteiger partial charge is 0.391 e. The zero-order valence-electron chi connectivity index (χ0n) is 8.39. The summed E-state index contributed by atoms with van der Waals surface area (Å²) >= 11 is 6.02. The number of aliphatic hydroxyl groups excluding tert-OH is 1. The van der Waals surface area contributed by atoms with Crippen molar-refractivity contribution in [3.05, 3.63) is 34.9 Å². The Hall–Kier alpha value is -1.72. The molecule has 0 atom stereocenters. The van der Waals surface area contributed by atoms with Crippen molar-refractivity contribution in [2.75, 3.05) is 11.5 Å². The number of rotatable bonds is 2. The Balaban J connectivity index is 2.62. The molecule has 0 fully saturated rings. The molecule has 2 aromatic rings. The summed E-state index contributed by atoms with van der Waals surface area (Å²) in [7, 11) is 0. The van der Waals surface area contributed by atoms with E-state index in [1.54, 1.807) is 12.1 Å². The van der Waals surface area contributed by atoms with Gasteiger partial charge in [0.1, 0.15) is 5.82 Å². The molecule has 16 heavy (non-hydrogen) atoms. The zero-order valence-corrected chi connectivity index (χ0v) is 9.15. The van der Waals surface area contributed by atoms with Crippen molar-refractivity contribution < 1.29 is 5.11 Å².